The summed E-state index contributed by atoms with van der Waals surface area (Å²) >= 11 is 2.37. The first-order valence-corrected chi connectivity index (χ1v) is 22.2. The third kappa shape index (κ3) is 5.39. The van der Waals surface area contributed by atoms with Gasteiger partial charge in [0.05, 0.1) is 18.2 Å². The average Bonchev–Trinajstić information content (AvgIpc) is 3.88. The summed E-state index contributed by atoms with van der Waals surface area (Å²) in [6, 6.07) is 9.44. The largest absolute Gasteiger partial charge is 0.370 e. The first kappa shape index (κ1) is 32.5. The van der Waals surface area contributed by atoms with Crippen molar-refractivity contribution < 1.29 is 4.74 Å². The lowest BCUT2D eigenvalue weighted by Crippen LogP contribution is -2.51. The summed E-state index contributed by atoms with van der Waals surface area (Å²) in [5, 5.41) is 1.69. The van der Waals surface area contributed by atoms with Crippen molar-refractivity contribution in [2.24, 2.45) is 23.7 Å². The summed E-state index contributed by atoms with van der Waals surface area (Å²) in [5.41, 5.74) is 7.46. The summed E-state index contributed by atoms with van der Waals surface area (Å²) < 4.78 is 6.86. The highest BCUT2D eigenvalue weighted by Crippen LogP contribution is 2.56. The van der Waals surface area contributed by atoms with Gasteiger partial charge in [-0.05, 0) is 124 Å². The van der Waals surface area contributed by atoms with Gasteiger partial charge in [0.15, 0.2) is 0 Å². The van der Waals surface area contributed by atoms with Crippen molar-refractivity contribution in [3.05, 3.63) is 120 Å². The number of nitrogens with zero attached hydrogens (tertiary/aromatic N) is 2. The molecule has 0 N–H and O–H groups in total. The maximum atomic E-state index is 6.86. The van der Waals surface area contributed by atoms with Crippen LogP contribution in [0.25, 0.3) is 5.57 Å². The molecule has 270 valence electrons. The number of hydrogen-bond acceptors (Lipinski definition) is 4. The third-order valence-electron chi connectivity index (χ3n) is 14.9. The molecule has 0 amide bonds. The Morgan fingerprint density at radius 3 is 2.60 bits per heavy atom. The van der Waals surface area contributed by atoms with Gasteiger partial charge in [0.25, 0.3) is 0 Å². The summed E-state index contributed by atoms with van der Waals surface area (Å²) in [6.07, 6.45) is 51.8. The average molecular weight is 709 g/mol. The summed E-state index contributed by atoms with van der Waals surface area (Å²) in [6.45, 7) is 0. The van der Waals surface area contributed by atoms with Crippen LogP contribution in [0.2, 0.25) is 0 Å². The van der Waals surface area contributed by atoms with Gasteiger partial charge < -0.3 is 14.5 Å². The summed E-state index contributed by atoms with van der Waals surface area (Å²) in [4.78, 5) is 5.89. The number of hydrogen-bond donors (Lipinski definition) is 0. The Morgan fingerprint density at radius 1 is 0.769 bits per heavy atom. The normalized spacial score (nSPS) is 42.2. The molecule has 52 heavy (non-hydrogen) atoms. The molecule has 3 aliphatic heterocycles. The van der Waals surface area contributed by atoms with Gasteiger partial charge >= 0.3 is 0 Å². The number of allylic oxidation sites excluding steroid dienone is 10. The first-order chi connectivity index (χ1) is 25.8. The molecule has 11 rings (SSSR count). The van der Waals surface area contributed by atoms with E-state index in [1.807, 2.05) is 0 Å². The molecule has 3 nitrogen and oxygen atoms in total. The molecule has 0 spiro atoms. The van der Waals surface area contributed by atoms with Crippen LogP contribution < -0.4 is 4.90 Å². The fourth-order valence-corrected chi connectivity index (χ4v) is 14.6. The van der Waals surface area contributed by atoms with Gasteiger partial charge in [0, 0.05) is 57.8 Å². The van der Waals surface area contributed by atoms with Crippen LogP contribution in [0.1, 0.15) is 101 Å². The van der Waals surface area contributed by atoms with Crippen molar-refractivity contribution in [3.8, 4) is 0 Å². The molecular weight excluding hydrogens is 653 g/mol. The Hall–Kier alpha value is -2.95. The zero-order valence-electron chi connectivity index (χ0n) is 30.7. The topological polar surface area (TPSA) is 15.7 Å². The van der Waals surface area contributed by atoms with Gasteiger partial charge in [-0.2, -0.15) is 11.8 Å². The van der Waals surface area contributed by atoms with Crippen LogP contribution in [0.15, 0.2) is 109 Å². The quantitative estimate of drug-likeness (QED) is 0.283. The number of fused-ring (bicyclic) bond motifs is 9. The smallest absolute Gasteiger partial charge is 0.0852 e. The molecule has 13 atom stereocenters. The molecule has 7 aliphatic carbocycles. The lowest BCUT2D eigenvalue weighted by Gasteiger charge is -2.50. The molecule has 3 fully saturated rings. The van der Waals surface area contributed by atoms with E-state index in [0.29, 0.717) is 48.0 Å². The molecular formula is C48H56N2OS. The number of benzene rings is 1. The minimum atomic E-state index is 0.201. The van der Waals surface area contributed by atoms with Gasteiger partial charge in [-0.15, -0.1) is 0 Å². The molecule has 3 heterocycles. The maximum Gasteiger partial charge on any atom is 0.0852 e. The van der Waals surface area contributed by atoms with Crippen molar-refractivity contribution in [3.63, 3.8) is 0 Å². The molecule has 10 aliphatic rings. The molecule has 2 saturated heterocycles. The zero-order chi connectivity index (χ0) is 34.2. The SMILES string of the molecule is C1=CC2OC3CCC=CC3C2C(N(C2C=CC3C(C2)c2ccc(C4=CCCC=C4)cc2N3C2C=CCCC2)C2CCC3SC4CCC=CC4C3C2)=C1. The van der Waals surface area contributed by atoms with E-state index in [9.17, 15) is 0 Å². The van der Waals surface area contributed by atoms with Gasteiger partial charge in [-0.1, -0.05) is 91.1 Å². The van der Waals surface area contributed by atoms with E-state index in [2.05, 4.69) is 125 Å². The molecule has 1 aromatic rings. The predicted molar refractivity (Wildman–Crippen MR) is 217 cm³/mol. The number of thioether (sulfide) groups is 1. The minimum Gasteiger partial charge on any atom is -0.370 e. The van der Waals surface area contributed by atoms with Gasteiger partial charge in [-0.25, -0.2) is 0 Å². The minimum absolute atomic E-state index is 0.201. The van der Waals surface area contributed by atoms with E-state index < -0.39 is 0 Å². The molecule has 0 bridgehead atoms. The number of rotatable bonds is 5. The van der Waals surface area contributed by atoms with Crippen LogP contribution in [-0.4, -0.2) is 51.8 Å². The monoisotopic (exact) mass is 708 g/mol. The molecule has 13 unspecified atom stereocenters. The second-order valence-corrected chi connectivity index (χ2v) is 19.1. The van der Waals surface area contributed by atoms with E-state index in [0.717, 1.165) is 41.6 Å². The fraction of sp³-hybridized carbons (Fsp3) is 0.542. The second kappa shape index (κ2) is 13.4. The second-order valence-electron chi connectivity index (χ2n) is 17.6. The summed E-state index contributed by atoms with van der Waals surface area (Å²) in [5.74, 6) is 3.01. The number of anilines is 1. The Kier molecular flexibility index (Phi) is 8.38. The fourth-order valence-electron chi connectivity index (χ4n) is 12.6. The van der Waals surface area contributed by atoms with Gasteiger partial charge in [-0.3, -0.25) is 0 Å². The summed E-state index contributed by atoms with van der Waals surface area (Å²) in [7, 11) is 0. The highest BCUT2D eigenvalue weighted by molar-refractivity contribution is 8.00. The van der Waals surface area contributed by atoms with E-state index in [4.69, 9.17) is 4.74 Å². The van der Waals surface area contributed by atoms with E-state index in [1.165, 1.54) is 81.0 Å². The molecule has 1 aromatic carbocycles. The molecule has 4 heteroatoms. The first-order valence-electron chi connectivity index (χ1n) is 21.2. The lowest BCUT2D eigenvalue weighted by molar-refractivity contribution is 0.0478. The van der Waals surface area contributed by atoms with Crippen LogP contribution in [-0.2, 0) is 4.74 Å². The van der Waals surface area contributed by atoms with Crippen LogP contribution in [0.4, 0.5) is 5.69 Å². The van der Waals surface area contributed by atoms with Gasteiger partial charge in [0.1, 0.15) is 0 Å². The van der Waals surface area contributed by atoms with Crippen molar-refractivity contribution in [1.82, 2.24) is 4.90 Å². The Labute approximate surface area is 316 Å². The van der Waals surface area contributed by atoms with Crippen molar-refractivity contribution in [2.45, 2.75) is 136 Å². The number of ether oxygens (including phenoxy) is 1. The van der Waals surface area contributed by atoms with Crippen molar-refractivity contribution in [2.75, 3.05) is 4.90 Å². The standard InChI is InChI=1S/C48H56N2OS/c1-3-12-31(13-4-1)32-22-25-36-39-29-34(23-26-41(39)50(43(36)28-32)33-14-5-2-6-15-33)49(35-24-27-47-40(30-35)37-16-8-10-21-46(37)52-47)42-18-11-20-45-48(42)38-17-7-9-19-44(38)51-45/h3,5,7-8,11-14,16-18,20,22-23,25-26,28,33-35,37-41,44-48H,1-2,4,6,9-10,15,19,21,24,27,29-30H2. The highest BCUT2D eigenvalue weighted by Gasteiger charge is 2.52. The highest BCUT2D eigenvalue weighted by atomic mass is 32.2. The maximum absolute atomic E-state index is 6.86. The van der Waals surface area contributed by atoms with Crippen LogP contribution in [0.5, 0.6) is 0 Å². The van der Waals surface area contributed by atoms with E-state index in [1.54, 1.807) is 11.3 Å². The van der Waals surface area contributed by atoms with Crippen molar-refractivity contribution in [1.29, 1.82) is 0 Å². The lowest BCUT2D eigenvalue weighted by atomic mass is 9.72. The van der Waals surface area contributed by atoms with Gasteiger partial charge in [0.2, 0.25) is 0 Å². The molecule has 1 saturated carbocycles. The predicted octanol–water partition coefficient (Wildman–Crippen LogP) is 10.9. The van der Waals surface area contributed by atoms with E-state index in [-0.39, 0.29) is 6.10 Å². The third-order valence-corrected chi connectivity index (χ3v) is 16.7. The van der Waals surface area contributed by atoms with Crippen LogP contribution in [0.3, 0.4) is 0 Å². The molecule has 0 aromatic heterocycles. The molecule has 0 radical (unpaired) electrons. The Balaban J connectivity index is 0.975. The van der Waals surface area contributed by atoms with Crippen LogP contribution >= 0.6 is 11.8 Å². The Bertz CT molecular complexity index is 1810. The van der Waals surface area contributed by atoms with E-state index >= 15 is 0 Å². The Morgan fingerprint density at radius 2 is 1.69 bits per heavy atom. The van der Waals surface area contributed by atoms with Crippen LogP contribution in [0, 0.1) is 23.7 Å². The van der Waals surface area contributed by atoms with Crippen molar-refractivity contribution >= 4 is 23.0 Å². The zero-order valence-corrected chi connectivity index (χ0v) is 31.5.